The molecule has 6 amide bonds. The highest BCUT2D eigenvalue weighted by atomic mass is 16.5. The van der Waals surface area contributed by atoms with Crippen LogP contribution >= 0.6 is 0 Å². The Morgan fingerprint density at radius 3 is 2.16 bits per heavy atom. The minimum absolute atomic E-state index is 0.108. The molecule has 0 spiro atoms. The molecule has 4 bridgehead atoms. The molecule has 3 saturated heterocycles. The Morgan fingerprint density at radius 1 is 1.00 bits per heavy atom. The van der Waals surface area contributed by atoms with E-state index in [9.17, 15) is 24.0 Å². The lowest BCUT2D eigenvalue weighted by Crippen LogP contribution is -2.82. The Bertz CT molecular complexity index is 708. The van der Waals surface area contributed by atoms with Crippen molar-refractivity contribution >= 4 is 29.8 Å². The molecule has 3 aliphatic heterocycles. The van der Waals surface area contributed by atoms with E-state index in [1.54, 1.807) is 7.05 Å². The number of nitrogens with zero attached hydrogens (tertiary/aromatic N) is 4. The van der Waals surface area contributed by atoms with Gasteiger partial charge < -0.3 is 14.5 Å². The Morgan fingerprint density at radius 2 is 1.56 bits per heavy atom. The second-order valence-corrected chi connectivity index (χ2v) is 6.75. The number of methoxy groups -OCH3 is 1. The topological polar surface area (TPSA) is 108 Å². The van der Waals surface area contributed by atoms with Gasteiger partial charge >= 0.3 is 18.0 Å². The molecule has 4 fully saturated rings. The first kappa shape index (κ1) is 15.9. The third kappa shape index (κ3) is 1.87. The zero-order valence-corrected chi connectivity index (χ0v) is 13.9. The summed E-state index contributed by atoms with van der Waals surface area (Å²) in [5.41, 5.74) is 0. The quantitative estimate of drug-likeness (QED) is 0.573. The predicted octanol–water partition coefficient (Wildman–Crippen LogP) is -1.30. The van der Waals surface area contributed by atoms with Crippen molar-refractivity contribution in [3.8, 4) is 0 Å². The summed E-state index contributed by atoms with van der Waals surface area (Å²) in [5.74, 6) is -2.77. The van der Waals surface area contributed by atoms with E-state index < -0.39 is 47.9 Å². The van der Waals surface area contributed by atoms with Crippen LogP contribution in [0.15, 0.2) is 0 Å². The number of likely N-dealkylation sites (N-methyl/N-ethyl adjacent to an activating group) is 1. The summed E-state index contributed by atoms with van der Waals surface area (Å²) < 4.78 is 4.65. The molecule has 10 heteroatoms. The molecule has 134 valence electrons. The number of amides is 6. The normalized spacial score (nSPS) is 33.8. The first-order chi connectivity index (χ1) is 11.9. The molecule has 10 nitrogen and oxygen atoms in total. The van der Waals surface area contributed by atoms with Crippen molar-refractivity contribution in [2.75, 3.05) is 33.8 Å². The molecule has 0 aromatic carbocycles. The summed E-state index contributed by atoms with van der Waals surface area (Å²) in [5, 5.41) is 0. The van der Waals surface area contributed by atoms with Crippen LogP contribution in [0.3, 0.4) is 0 Å². The van der Waals surface area contributed by atoms with Gasteiger partial charge in [0.1, 0.15) is 6.54 Å². The molecular weight excluding hydrogens is 332 g/mol. The van der Waals surface area contributed by atoms with Crippen molar-refractivity contribution in [2.24, 2.45) is 11.8 Å². The maximum Gasteiger partial charge on any atom is 0.327 e. The van der Waals surface area contributed by atoms with Crippen molar-refractivity contribution in [2.45, 2.75) is 18.5 Å². The highest BCUT2D eigenvalue weighted by molar-refractivity contribution is 6.07. The van der Waals surface area contributed by atoms with E-state index in [2.05, 4.69) is 4.74 Å². The molecule has 3 heterocycles. The van der Waals surface area contributed by atoms with Gasteiger partial charge in [-0.05, 0) is 6.42 Å². The summed E-state index contributed by atoms with van der Waals surface area (Å²) >= 11 is 0. The molecule has 0 aromatic heterocycles. The van der Waals surface area contributed by atoms with Crippen molar-refractivity contribution < 1.29 is 28.7 Å². The van der Waals surface area contributed by atoms with Crippen molar-refractivity contribution in [3.05, 3.63) is 0 Å². The number of ether oxygens (including phenoxy) is 1. The SMILES string of the molecule is COC(=O)CN1C(=O)N2CCCN3C(=O)[C@H]4[C@@H](C2=O)[C@@H]1[C@H]4N(C)C3=O. The van der Waals surface area contributed by atoms with Gasteiger partial charge in [-0.25, -0.2) is 9.59 Å². The first-order valence-corrected chi connectivity index (χ1v) is 8.15. The van der Waals surface area contributed by atoms with E-state index in [1.165, 1.54) is 21.8 Å². The molecule has 4 rings (SSSR count). The van der Waals surface area contributed by atoms with Crippen molar-refractivity contribution in [1.82, 2.24) is 19.6 Å². The van der Waals surface area contributed by atoms with E-state index >= 15 is 0 Å². The lowest BCUT2D eigenvalue weighted by atomic mass is 9.60. The van der Waals surface area contributed by atoms with Gasteiger partial charge in [-0.15, -0.1) is 0 Å². The second kappa shape index (κ2) is 5.17. The molecule has 1 saturated carbocycles. The zero-order valence-electron chi connectivity index (χ0n) is 13.9. The Balaban J connectivity index is 1.80. The highest BCUT2D eigenvalue weighted by Crippen LogP contribution is 2.49. The monoisotopic (exact) mass is 350 g/mol. The third-order valence-electron chi connectivity index (χ3n) is 5.68. The number of carbonyl (C=O) groups excluding carboxylic acids is 5. The number of esters is 1. The summed E-state index contributed by atoms with van der Waals surface area (Å²) in [6, 6.07) is -2.27. The lowest BCUT2D eigenvalue weighted by molar-refractivity contribution is -0.177. The van der Waals surface area contributed by atoms with E-state index in [4.69, 9.17) is 0 Å². The van der Waals surface area contributed by atoms with E-state index in [-0.39, 0.29) is 25.5 Å². The van der Waals surface area contributed by atoms with Gasteiger partial charge in [-0.1, -0.05) is 0 Å². The second-order valence-electron chi connectivity index (χ2n) is 6.75. The Labute approximate surface area is 143 Å². The fraction of sp³-hybridized carbons (Fsp3) is 0.667. The number of hydrogen-bond acceptors (Lipinski definition) is 6. The fourth-order valence-corrected chi connectivity index (χ4v) is 4.48. The van der Waals surface area contributed by atoms with Crippen LogP contribution in [0.25, 0.3) is 0 Å². The lowest BCUT2D eigenvalue weighted by Gasteiger charge is -2.62. The van der Waals surface area contributed by atoms with E-state index in [0.29, 0.717) is 6.42 Å². The molecule has 4 aliphatic rings. The van der Waals surface area contributed by atoms with Gasteiger partial charge in [0, 0.05) is 20.1 Å². The van der Waals surface area contributed by atoms with Crippen molar-refractivity contribution in [1.29, 1.82) is 0 Å². The Kier molecular flexibility index (Phi) is 3.28. The minimum atomic E-state index is -0.726. The molecule has 0 N–H and O–H groups in total. The minimum Gasteiger partial charge on any atom is -0.468 e. The number of urea groups is 2. The van der Waals surface area contributed by atoms with Crippen LogP contribution < -0.4 is 0 Å². The Hall–Kier alpha value is -2.65. The molecule has 4 atom stereocenters. The van der Waals surface area contributed by atoms with Crippen LogP contribution in [0, 0.1) is 11.8 Å². The van der Waals surface area contributed by atoms with Gasteiger partial charge in [-0.2, -0.15) is 0 Å². The fourth-order valence-electron chi connectivity index (χ4n) is 4.48. The molecule has 25 heavy (non-hydrogen) atoms. The molecule has 0 aromatic rings. The zero-order chi connectivity index (χ0) is 18.0. The number of carbonyl (C=O) groups is 5. The van der Waals surface area contributed by atoms with Gasteiger partial charge in [0.25, 0.3) is 0 Å². The predicted molar refractivity (Wildman–Crippen MR) is 79.9 cm³/mol. The number of imide groups is 2. The largest absolute Gasteiger partial charge is 0.468 e. The number of fused-ring (bicyclic) bond motifs is 3. The average Bonchev–Trinajstić information content (AvgIpc) is 2.57. The summed E-state index contributed by atoms with van der Waals surface area (Å²) in [6.07, 6.45) is 0.309. The smallest absolute Gasteiger partial charge is 0.327 e. The number of hydrogen-bond donors (Lipinski definition) is 0. The standard InChI is InChI=1S/C15H18N4O6/c1-16-10-8-9-11(10)19(6-7(20)25-2)15(24)18(13(9)22)5-3-4-17(12(8)21)14(16)23/h8-11H,3-6H2,1-2H3/t8-,9+,10-,11+/m0/s1. The third-order valence-corrected chi connectivity index (χ3v) is 5.68. The maximum atomic E-state index is 12.8. The van der Waals surface area contributed by atoms with Gasteiger partial charge in [-0.3, -0.25) is 24.2 Å². The van der Waals surface area contributed by atoms with Crippen LogP contribution in [0.2, 0.25) is 0 Å². The van der Waals surface area contributed by atoms with Gasteiger partial charge in [0.15, 0.2) is 0 Å². The van der Waals surface area contributed by atoms with Crippen molar-refractivity contribution in [3.63, 3.8) is 0 Å². The van der Waals surface area contributed by atoms with Gasteiger partial charge in [0.2, 0.25) is 11.8 Å². The molecule has 1 aliphatic carbocycles. The molecular formula is C15H18N4O6. The first-order valence-electron chi connectivity index (χ1n) is 8.15. The van der Waals surface area contributed by atoms with E-state index in [0.717, 1.165) is 4.90 Å². The maximum absolute atomic E-state index is 12.8. The molecule has 0 radical (unpaired) electrons. The van der Waals surface area contributed by atoms with Crippen LogP contribution in [0.4, 0.5) is 9.59 Å². The van der Waals surface area contributed by atoms with Crippen LogP contribution in [-0.4, -0.2) is 95.3 Å². The average molecular weight is 350 g/mol. The van der Waals surface area contributed by atoms with Crippen LogP contribution in [-0.2, 0) is 19.1 Å². The number of rotatable bonds is 2. The summed E-state index contributed by atoms with van der Waals surface area (Å²) in [7, 11) is 2.78. The highest BCUT2D eigenvalue weighted by Gasteiger charge is 2.69. The van der Waals surface area contributed by atoms with E-state index in [1.807, 2.05) is 0 Å². The van der Waals surface area contributed by atoms with Gasteiger partial charge in [0.05, 0.1) is 31.0 Å². The molecule has 0 unspecified atom stereocenters. The summed E-state index contributed by atoms with van der Waals surface area (Å²) in [6.45, 7) is -0.0448. The van der Waals surface area contributed by atoms with Crippen LogP contribution in [0.5, 0.6) is 0 Å². The summed E-state index contributed by atoms with van der Waals surface area (Å²) in [4.78, 5) is 67.5. The van der Waals surface area contributed by atoms with Crippen LogP contribution in [0.1, 0.15) is 6.42 Å².